The van der Waals surface area contributed by atoms with Gasteiger partial charge in [0.1, 0.15) is 15.6 Å². The van der Waals surface area contributed by atoms with Gasteiger partial charge in [-0.1, -0.05) is 13.8 Å². The van der Waals surface area contributed by atoms with Gasteiger partial charge in [0.25, 0.3) is 0 Å². The molecule has 1 aliphatic heterocycles. The van der Waals surface area contributed by atoms with Crippen LogP contribution in [0, 0.1) is 0 Å². The summed E-state index contributed by atoms with van der Waals surface area (Å²) in [4.78, 5) is 43.4. The molecule has 180 valence electrons. The van der Waals surface area contributed by atoms with Crippen LogP contribution in [-0.2, 0) is 22.5 Å². The number of aromatic carboxylic acids is 1. The summed E-state index contributed by atoms with van der Waals surface area (Å²) in [5.41, 5.74) is 1.12. The minimum Gasteiger partial charge on any atom is -0.476 e. The third kappa shape index (κ3) is 6.52. The second-order valence-electron chi connectivity index (χ2n) is 9.11. The van der Waals surface area contributed by atoms with Gasteiger partial charge in [-0.3, -0.25) is 4.79 Å². The summed E-state index contributed by atoms with van der Waals surface area (Å²) >= 11 is 2.63. The molecule has 0 aliphatic carbocycles. The van der Waals surface area contributed by atoms with Crippen molar-refractivity contribution < 1.29 is 24.2 Å². The summed E-state index contributed by atoms with van der Waals surface area (Å²) in [5.74, 6) is -1.23. The number of carboxylic acid groups (broad SMARTS) is 1. The zero-order valence-corrected chi connectivity index (χ0v) is 21.1. The molecule has 0 saturated carbocycles. The molecule has 0 aromatic carbocycles. The Kier molecular flexibility index (Phi) is 7.76. The van der Waals surface area contributed by atoms with Crippen LogP contribution in [0.5, 0.6) is 0 Å². The summed E-state index contributed by atoms with van der Waals surface area (Å²) in [5, 5.41) is 18.2. The minimum absolute atomic E-state index is 0.0282. The highest BCUT2D eigenvalue weighted by molar-refractivity contribution is 7.18. The van der Waals surface area contributed by atoms with E-state index in [-0.39, 0.29) is 23.7 Å². The molecule has 3 rings (SSSR count). The van der Waals surface area contributed by atoms with Crippen LogP contribution in [0.2, 0.25) is 0 Å². The molecule has 33 heavy (non-hydrogen) atoms. The number of rotatable bonds is 7. The Labute approximate surface area is 201 Å². The molecule has 2 aromatic rings. The molecule has 0 radical (unpaired) electrons. The Morgan fingerprint density at radius 2 is 2.03 bits per heavy atom. The van der Waals surface area contributed by atoms with Crippen LogP contribution in [0.25, 0.3) is 10.6 Å². The average molecular weight is 495 g/mol. The number of thiazole rings is 1. The van der Waals surface area contributed by atoms with Gasteiger partial charge >= 0.3 is 12.1 Å². The number of nitrogens with one attached hydrogen (secondary N) is 2. The first-order valence-electron chi connectivity index (χ1n) is 10.8. The average Bonchev–Trinajstić information content (AvgIpc) is 3.29. The Morgan fingerprint density at radius 1 is 1.30 bits per heavy atom. The number of hydrogen-bond donors (Lipinski definition) is 3. The van der Waals surface area contributed by atoms with Crippen LogP contribution >= 0.6 is 22.7 Å². The van der Waals surface area contributed by atoms with Crippen molar-refractivity contribution in [1.82, 2.24) is 15.2 Å². The topological polar surface area (TPSA) is 121 Å². The highest BCUT2D eigenvalue weighted by Gasteiger charge is 2.31. The van der Waals surface area contributed by atoms with Crippen molar-refractivity contribution in [2.75, 3.05) is 18.4 Å². The van der Waals surface area contributed by atoms with Gasteiger partial charge in [0, 0.05) is 41.4 Å². The molecule has 11 heteroatoms. The van der Waals surface area contributed by atoms with Gasteiger partial charge in [-0.05, 0) is 32.8 Å². The van der Waals surface area contributed by atoms with Gasteiger partial charge in [0.2, 0.25) is 5.91 Å². The molecule has 0 fully saturated rings. The van der Waals surface area contributed by atoms with E-state index in [4.69, 9.17) is 4.74 Å². The number of thiophene rings is 1. The summed E-state index contributed by atoms with van der Waals surface area (Å²) in [6, 6.07) is 0.283. The van der Waals surface area contributed by atoms with Crippen molar-refractivity contribution in [3.05, 3.63) is 21.5 Å². The lowest BCUT2D eigenvalue weighted by Crippen LogP contribution is -2.39. The molecular weight excluding hydrogens is 464 g/mol. The number of nitrogens with zero attached hydrogens (tertiary/aromatic N) is 2. The molecular formula is C22H30N4O5S2. The number of aromatic nitrogens is 1. The summed E-state index contributed by atoms with van der Waals surface area (Å²) in [6.07, 6.45) is 0.492. The van der Waals surface area contributed by atoms with Crippen LogP contribution in [0.4, 0.5) is 9.80 Å². The SMILES string of the molecule is CC(C)NCCC(=O)Nc1sc2c(c1-c1nc(C(=O)O)cs1)CCN(C(=O)OC(C)(C)C)C2. The lowest BCUT2D eigenvalue weighted by Gasteiger charge is -2.30. The molecule has 9 nitrogen and oxygen atoms in total. The third-order valence-electron chi connectivity index (χ3n) is 4.80. The zero-order valence-electron chi connectivity index (χ0n) is 19.5. The highest BCUT2D eigenvalue weighted by Crippen LogP contribution is 2.44. The number of ether oxygens (including phenoxy) is 1. The lowest BCUT2D eigenvalue weighted by molar-refractivity contribution is -0.116. The first kappa shape index (κ1) is 25.1. The van der Waals surface area contributed by atoms with E-state index in [9.17, 15) is 19.5 Å². The number of carbonyl (C=O) groups excluding carboxylic acids is 2. The van der Waals surface area contributed by atoms with Gasteiger partial charge in [-0.25, -0.2) is 14.6 Å². The third-order valence-corrected chi connectivity index (χ3v) is 6.80. The maximum absolute atomic E-state index is 12.6. The monoisotopic (exact) mass is 494 g/mol. The Bertz CT molecular complexity index is 1040. The number of fused-ring (bicyclic) bond motifs is 1. The van der Waals surface area contributed by atoms with E-state index >= 15 is 0 Å². The van der Waals surface area contributed by atoms with E-state index in [1.54, 1.807) is 4.90 Å². The van der Waals surface area contributed by atoms with Gasteiger partial charge < -0.3 is 25.4 Å². The predicted octanol–water partition coefficient (Wildman–Crippen LogP) is 4.19. The van der Waals surface area contributed by atoms with Gasteiger partial charge in [-0.15, -0.1) is 22.7 Å². The normalized spacial score (nSPS) is 13.7. The smallest absolute Gasteiger partial charge is 0.410 e. The van der Waals surface area contributed by atoms with Gasteiger partial charge in [0.15, 0.2) is 5.69 Å². The van der Waals surface area contributed by atoms with Crippen molar-refractivity contribution in [2.45, 2.75) is 65.6 Å². The van der Waals surface area contributed by atoms with Crippen molar-refractivity contribution in [3.63, 3.8) is 0 Å². The van der Waals surface area contributed by atoms with E-state index in [0.29, 0.717) is 42.5 Å². The van der Waals surface area contributed by atoms with Crippen molar-refractivity contribution in [2.24, 2.45) is 0 Å². The highest BCUT2D eigenvalue weighted by atomic mass is 32.1. The number of carboxylic acids is 1. The maximum atomic E-state index is 12.6. The van der Waals surface area contributed by atoms with Gasteiger partial charge in [-0.2, -0.15) is 0 Å². The lowest BCUT2D eigenvalue weighted by atomic mass is 10.0. The Morgan fingerprint density at radius 3 is 2.64 bits per heavy atom. The first-order valence-corrected chi connectivity index (χ1v) is 12.5. The molecule has 0 bridgehead atoms. The molecule has 2 aromatic heterocycles. The van der Waals surface area contributed by atoms with Crippen LogP contribution in [0.3, 0.4) is 0 Å². The van der Waals surface area contributed by atoms with E-state index in [0.717, 1.165) is 16.0 Å². The summed E-state index contributed by atoms with van der Waals surface area (Å²) in [6.45, 7) is 10.9. The van der Waals surface area contributed by atoms with E-state index in [1.807, 2.05) is 34.6 Å². The quantitative estimate of drug-likeness (QED) is 0.528. The summed E-state index contributed by atoms with van der Waals surface area (Å²) < 4.78 is 5.51. The summed E-state index contributed by atoms with van der Waals surface area (Å²) in [7, 11) is 0. The largest absolute Gasteiger partial charge is 0.476 e. The molecule has 0 atom stereocenters. The second kappa shape index (κ2) is 10.2. The Hall–Kier alpha value is -2.50. The predicted molar refractivity (Wildman–Crippen MR) is 129 cm³/mol. The van der Waals surface area contributed by atoms with E-state index in [2.05, 4.69) is 15.6 Å². The van der Waals surface area contributed by atoms with Gasteiger partial charge in [0.05, 0.1) is 6.54 Å². The van der Waals surface area contributed by atoms with Crippen LogP contribution in [0.15, 0.2) is 5.38 Å². The fraction of sp³-hybridized carbons (Fsp3) is 0.545. The van der Waals surface area contributed by atoms with Crippen LogP contribution < -0.4 is 10.6 Å². The van der Waals surface area contributed by atoms with E-state index < -0.39 is 11.6 Å². The molecule has 2 amide bonds. The number of anilines is 1. The number of hydrogen-bond acceptors (Lipinski definition) is 8. The van der Waals surface area contributed by atoms with Crippen molar-refractivity contribution >= 4 is 45.6 Å². The van der Waals surface area contributed by atoms with Crippen molar-refractivity contribution in [3.8, 4) is 10.6 Å². The fourth-order valence-corrected chi connectivity index (χ4v) is 5.57. The fourth-order valence-electron chi connectivity index (χ4n) is 3.35. The minimum atomic E-state index is -1.09. The van der Waals surface area contributed by atoms with Crippen LogP contribution in [0.1, 0.15) is 62.0 Å². The van der Waals surface area contributed by atoms with Crippen LogP contribution in [-0.4, -0.2) is 57.7 Å². The first-order chi connectivity index (χ1) is 15.4. The standard InChI is InChI=1S/C22H30N4O5S2/c1-12(2)23-8-6-16(27)25-19-17(18-24-14(11-32-18)20(28)29)13-7-9-26(10-15(13)33-19)21(30)31-22(3,4)5/h11-12,23H,6-10H2,1-5H3,(H,25,27)(H,28,29). The molecule has 3 heterocycles. The number of carbonyl (C=O) groups is 3. The number of amides is 2. The molecule has 0 spiro atoms. The zero-order chi connectivity index (χ0) is 24.3. The second-order valence-corrected chi connectivity index (χ2v) is 11.1. The maximum Gasteiger partial charge on any atom is 0.410 e. The van der Waals surface area contributed by atoms with Crippen molar-refractivity contribution in [1.29, 1.82) is 0 Å². The molecule has 0 saturated heterocycles. The molecule has 1 aliphatic rings. The Balaban J connectivity index is 1.88. The molecule has 3 N–H and O–H groups in total. The molecule has 0 unspecified atom stereocenters. The van der Waals surface area contributed by atoms with E-state index in [1.165, 1.54) is 28.1 Å².